The smallest absolute Gasteiger partial charge is 0.271 e. The van der Waals surface area contributed by atoms with Gasteiger partial charge in [0.05, 0.1) is 0 Å². The monoisotopic (exact) mass is 244 g/mol. The van der Waals surface area contributed by atoms with Gasteiger partial charge in [0.15, 0.2) is 0 Å². The van der Waals surface area contributed by atoms with Gasteiger partial charge < -0.3 is 0 Å². The Kier molecular flexibility index (Phi) is 1.88. The van der Waals surface area contributed by atoms with E-state index in [0.717, 1.165) is 6.92 Å². The van der Waals surface area contributed by atoms with Crippen LogP contribution in [0.2, 0.25) is 0 Å². The molecular weight excluding hydrogens is 229 g/mol. The molecule has 17 heavy (non-hydrogen) atoms. The average molecular weight is 244 g/mol. The molecule has 0 spiro atoms. The minimum atomic E-state index is -2.91. The van der Waals surface area contributed by atoms with E-state index in [-0.39, 0.29) is 11.1 Å². The molecule has 3 aliphatic rings. The van der Waals surface area contributed by atoms with Crippen molar-refractivity contribution in [1.82, 2.24) is 9.78 Å². The zero-order chi connectivity index (χ0) is 12.5. The Labute approximate surface area is 97.8 Å². The van der Waals surface area contributed by atoms with Crippen molar-refractivity contribution in [2.75, 3.05) is 0 Å². The lowest BCUT2D eigenvalue weighted by Crippen LogP contribution is -2.65. The summed E-state index contributed by atoms with van der Waals surface area (Å²) < 4.78 is 41.3. The van der Waals surface area contributed by atoms with Crippen LogP contribution in [0.25, 0.3) is 0 Å². The molecule has 3 aliphatic carbocycles. The minimum Gasteiger partial charge on any atom is -0.271 e. The first-order valence-electron chi connectivity index (χ1n) is 5.83. The quantitative estimate of drug-likeness (QED) is 0.798. The highest BCUT2D eigenvalue weighted by atomic mass is 19.3. The molecule has 94 valence electrons. The van der Waals surface area contributed by atoms with E-state index < -0.39 is 11.6 Å². The summed E-state index contributed by atoms with van der Waals surface area (Å²) in [4.78, 5) is 0. The molecule has 1 aromatic rings. The van der Waals surface area contributed by atoms with Crippen LogP contribution in [-0.4, -0.2) is 15.4 Å². The Morgan fingerprint density at radius 1 is 1.41 bits per heavy atom. The molecule has 1 heterocycles. The maximum absolute atomic E-state index is 13.3. The molecule has 0 unspecified atom stereocenters. The maximum atomic E-state index is 13.3. The predicted molar refractivity (Wildman–Crippen MR) is 56.7 cm³/mol. The van der Waals surface area contributed by atoms with Gasteiger partial charge >= 0.3 is 0 Å². The maximum Gasteiger partial charge on any atom is 0.289 e. The van der Waals surface area contributed by atoms with Gasteiger partial charge in [-0.2, -0.15) is 13.9 Å². The van der Waals surface area contributed by atoms with Crippen molar-refractivity contribution in [3.05, 3.63) is 17.5 Å². The zero-order valence-corrected chi connectivity index (χ0v) is 9.93. The lowest BCUT2D eigenvalue weighted by molar-refractivity contribution is -0.221. The summed E-state index contributed by atoms with van der Waals surface area (Å²) in [6.07, 6.45) is 3.34. The molecule has 2 nitrogen and oxygen atoms in total. The van der Waals surface area contributed by atoms with Crippen molar-refractivity contribution >= 4 is 0 Å². The Morgan fingerprint density at radius 3 is 2.41 bits per heavy atom. The van der Waals surface area contributed by atoms with Gasteiger partial charge in [0.1, 0.15) is 11.4 Å². The lowest BCUT2D eigenvalue weighted by atomic mass is 9.42. The molecular formula is C12H15F3N2. The first-order chi connectivity index (χ1) is 7.72. The van der Waals surface area contributed by atoms with Gasteiger partial charge in [0.2, 0.25) is 0 Å². The van der Waals surface area contributed by atoms with Crippen LogP contribution >= 0.6 is 0 Å². The highest BCUT2D eigenvalue weighted by Gasteiger charge is 2.69. The number of halogens is 3. The number of alkyl halides is 3. The minimum absolute atomic E-state index is 0.00644. The van der Waals surface area contributed by atoms with Crippen molar-refractivity contribution in [3.8, 4) is 0 Å². The SMILES string of the molecule is Cc1cn(CC23CC(F)(C2)C3)nc1C(C)(F)F. The third-order valence-electron chi connectivity index (χ3n) is 3.93. The third kappa shape index (κ3) is 1.58. The predicted octanol–water partition coefficient (Wildman–Crippen LogP) is 3.20. The van der Waals surface area contributed by atoms with Crippen LogP contribution < -0.4 is 0 Å². The van der Waals surface area contributed by atoms with E-state index in [4.69, 9.17) is 0 Å². The van der Waals surface area contributed by atoms with Crippen LogP contribution in [0.15, 0.2) is 6.20 Å². The molecule has 0 saturated heterocycles. The van der Waals surface area contributed by atoms with Crippen molar-refractivity contribution in [2.45, 2.75) is 51.2 Å². The molecule has 1 aromatic heterocycles. The standard InChI is InChI=1S/C12H15F3N2/c1-8-3-17(16-9(8)10(2,13)14)7-11-4-12(15,5-11)6-11/h3H,4-7H2,1-2H3. The van der Waals surface area contributed by atoms with Gasteiger partial charge in [-0.3, -0.25) is 4.68 Å². The normalized spacial score (nSPS) is 35.4. The number of aromatic nitrogens is 2. The van der Waals surface area contributed by atoms with Crippen LogP contribution in [0.4, 0.5) is 13.2 Å². The summed E-state index contributed by atoms with van der Waals surface area (Å²) in [5.41, 5.74) is -0.620. The van der Waals surface area contributed by atoms with Crippen LogP contribution in [0.5, 0.6) is 0 Å². The molecule has 0 N–H and O–H groups in total. The zero-order valence-electron chi connectivity index (χ0n) is 9.93. The molecule has 3 fully saturated rings. The van der Waals surface area contributed by atoms with Crippen molar-refractivity contribution in [3.63, 3.8) is 0 Å². The Morgan fingerprint density at radius 2 is 2.00 bits per heavy atom. The topological polar surface area (TPSA) is 17.8 Å². The van der Waals surface area contributed by atoms with Gasteiger partial charge in [-0.1, -0.05) is 0 Å². The van der Waals surface area contributed by atoms with E-state index in [2.05, 4.69) is 5.10 Å². The number of hydrogen-bond donors (Lipinski definition) is 0. The summed E-state index contributed by atoms with van der Waals surface area (Å²) in [6, 6.07) is 0. The van der Waals surface area contributed by atoms with E-state index in [1.807, 2.05) is 0 Å². The number of aryl methyl sites for hydroxylation is 1. The number of rotatable bonds is 3. The molecule has 5 heteroatoms. The second-order valence-corrected chi connectivity index (χ2v) is 5.93. The molecule has 0 amide bonds. The molecule has 0 aromatic carbocycles. The highest BCUT2D eigenvalue weighted by molar-refractivity contribution is 5.22. The second-order valence-electron chi connectivity index (χ2n) is 5.93. The van der Waals surface area contributed by atoms with Gasteiger partial charge in [0.25, 0.3) is 5.92 Å². The van der Waals surface area contributed by atoms with E-state index in [9.17, 15) is 13.2 Å². The van der Waals surface area contributed by atoms with Crippen molar-refractivity contribution in [2.24, 2.45) is 5.41 Å². The first-order valence-corrected chi connectivity index (χ1v) is 5.83. The fraction of sp³-hybridized carbons (Fsp3) is 0.750. The fourth-order valence-corrected chi connectivity index (χ4v) is 3.41. The van der Waals surface area contributed by atoms with Gasteiger partial charge in [-0.15, -0.1) is 0 Å². The van der Waals surface area contributed by atoms with Crippen molar-refractivity contribution < 1.29 is 13.2 Å². The van der Waals surface area contributed by atoms with E-state index in [1.54, 1.807) is 17.8 Å². The molecule has 0 radical (unpaired) electrons. The summed E-state index contributed by atoms with van der Waals surface area (Å²) in [5, 5.41) is 3.94. The van der Waals surface area contributed by atoms with Gasteiger partial charge in [-0.25, -0.2) is 4.39 Å². The van der Waals surface area contributed by atoms with Crippen LogP contribution in [0, 0.1) is 12.3 Å². The highest BCUT2D eigenvalue weighted by Crippen LogP contribution is 2.70. The Balaban J connectivity index is 1.77. The molecule has 0 atom stereocenters. The first kappa shape index (κ1) is 11.1. The van der Waals surface area contributed by atoms with E-state index in [1.165, 1.54) is 0 Å². The molecule has 0 aliphatic heterocycles. The molecule has 4 rings (SSSR count). The number of hydrogen-bond acceptors (Lipinski definition) is 1. The van der Waals surface area contributed by atoms with Crippen LogP contribution in [0.3, 0.4) is 0 Å². The fourth-order valence-electron chi connectivity index (χ4n) is 3.41. The lowest BCUT2D eigenvalue weighted by Gasteiger charge is -2.65. The van der Waals surface area contributed by atoms with Crippen LogP contribution in [-0.2, 0) is 12.5 Å². The van der Waals surface area contributed by atoms with E-state index in [0.29, 0.717) is 31.4 Å². The van der Waals surface area contributed by atoms with Crippen molar-refractivity contribution in [1.29, 1.82) is 0 Å². The largest absolute Gasteiger partial charge is 0.289 e. The Hall–Kier alpha value is -1.00. The van der Waals surface area contributed by atoms with Gasteiger partial charge in [-0.05, 0) is 37.2 Å². The Bertz CT molecular complexity index is 453. The summed E-state index contributed by atoms with van der Waals surface area (Å²) in [6.45, 7) is 3.05. The van der Waals surface area contributed by atoms with E-state index >= 15 is 0 Å². The van der Waals surface area contributed by atoms with Gasteiger partial charge in [0, 0.05) is 19.7 Å². The molecule has 3 saturated carbocycles. The summed E-state index contributed by atoms with van der Waals surface area (Å²) in [7, 11) is 0. The van der Waals surface area contributed by atoms with Crippen LogP contribution in [0.1, 0.15) is 37.4 Å². The summed E-state index contributed by atoms with van der Waals surface area (Å²) in [5.74, 6) is -2.91. The number of nitrogens with zero attached hydrogens (tertiary/aromatic N) is 2. The molecule has 2 bridgehead atoms. The second kappa shape index (κ2) is 2.87. The average Bonchev–Trinajstić information content (AvgIpc) is 2.41. The summed E-state index contributed by atoms with van der Waals surface area (Å²) >= 11 is 0. The third-order valence-corrected chi connectivity index (χ3v) is 3.93.